The first kappa shape index (κ1) is 19.5. The Labute approximate surface area is 148 Å². The van der Waals surface area contributed by atoms with Gasteiger partial charge < -0.3 is 0 Å². The molecule has 2 saturated heterocycles. The SMILES string of the molecule is O=S(=O)(N1CCC(C(F)(F)F)CC1)N1CCCC1c1cc(F)ccc1F. The molecule has 0 bridgehead atoms. The highest BCUT2D eigenvalue weighted by Gasteiger charge is 2.45. The van der Waals surface area contributed by atoms with Crippen LogP contribution < -0.4 is 0 Å². The van der Waals surface area contributed by atoms with E-state index < -0.39 is 40.0 Å². The van der Waals surface area contributed by atoms with Crippen molar-refractivity contribution in [3.63, 3.8) is 0 Å². The van der Waals surface area contributed by atoms with Gasteiger partial charge in [0, 0.05) is 25.2 Å². The number of hydrogen-bond acceptors (Lipinski definition) is 2. The number of hydrogen-bond donors (Lipinski definition) is 0. The van der Waals surface area contributed by atoms with Crippen LogP contribution in [0.3, 0.4) is 0 Å². The second-order valence-corrected chi connectivity index (χ2v) is 8.54. The van der Waals surface area contributed by atoms with Crippen molar-refractivity contribution in [3.8, 4) is 0 Å². The first-order valence-electron chi connectivity index (χ1n) is 8.39. The molecule has 10 heteroatoms. The van der Waals surface area contributed by atoms with E-state index in [1.165, 1.54) is 0 Å². The molecule has 0 aliphatic carbocycles. The third-order valence-electron chi connectivity index (χ3n) is 5.06. The Morgan fingerprint density at radius 1 is 1.00 bits per heavy atom. The van der Waals surface area contributed by atoms with E-state index >= 15 is 0 Å². The van der Waals surface area contributed by atoms with Gasteiger partial charge in [-0.25, -0.2) is 8.78 Å². The molecule has 2 aliphatic rings. The van der Waals surface area contributed by atoms with Crippen molar-refractivity contribution in [1.29, 1.82) is 0 Å². The predicted molar refractivity (Wildman–Crippen MR) is 84.3 cm³/mol. The van der Waals surface area contributed by atoms with Crippen LogP contribution >= 0.6 is 0 Å². The highest BCUT2D eigenvalue weighted by Crippen LogP contribution is 2.39. The second-order valence-electron chi connectivity index (χ2n) is 6.66. The van der Waals surface area contributed by atoms with Crippen molar-refractivity contribution in [1.82, 2.24) is 8.61 Å². The molecule has 0 N–H and O–H groups in total. The summed E-state index contributed by atoms with van der Waals surface area (Å²) in [5.74, 6) is -2.88. The fourth-order valence-corrected chi connectivity index (χ4v) is 5.53. The molecule has 3 rings (SSSR count). The lowest BCUT2D eigenvalue weighted by atomic mass is 9.98. The zero-order valence-corrected chi connectivity index (χ0v) is 14.7. The average Bonchev–Trinajstić information content (AvgIpc) is 3.06. The molecule has 0 spiro atoms. The van der Waals surface area contributed by atoms with E-state index in [1.807, 2.05) is 0 Å². The van der Waals surface area contributed by atoms with Crippen LogP contribution in [0.1, 0.15) is 37.3 Å². The van der Waals surface area contributed by atoms with Crippen LogP contribution in [-0.4, -0.2) is 42.8 Å². The Balaban J connectivity index is 1.80. The fraction of sp³-hybridized carbons (Fsp3) is 0.625. The van der Waals surface area contributed by atoms with Crippen molar-refractivity contribution >= 4 is 10.2 Å². The van der Waals surface area contributed by atoms with E-state index in [-0.39, 0.29) is 38.0 Å². The summed E-state index contributed by atoms with van der Waals surface area (Å²) in [7, 11) is -4.05. The van der Waals surface area contributed by atoms with Gasteiger partial charge in [0.1, 0.15) is 11.6 Å². The average molecular weight is 398 g/mol. The van der Waals surface area contributed by atoms with Gasteiger partial charge in [0.25, 0.3) is 10.2 Å². The molecular weight excluding hydrogens is 379 g/mol. The largest absolute Gasteiger partial charge is 0.391 e. The Bertz CT molecular complexity index is 760. The van der Waals surface area contributed by atoms with Gasteiger partial charge in [-0.15, -0.1) is 0 Å². The van der Waals surface area contributed by atoms with Crippen molar-refractivity contribution in [2.45, 2.75) is 37.9 Å². The maximum atomic E-state index is 14.1. The Hall–Kier alpha value is -1.26. The summed E-state index contributed by atoms with van der Waals surface area (Å²) in [5.41, 5.74) is -0.0451. The monoisotopic (exact) mass is 398 g/mol. The van der Waals surface area contributed by atoms with Crippen LogP contribution in [-0.2, 0) is 10.2 Å². The quantitative estimate of drug-likeness (QED) is 0.730. The first-order chi connectivity index (χ1) is 12.1. The second kappa shape index (κ2) is 7.05. The van der Waals surface area contributed by atoms with Crippen LogP contribution in [0, 0.1) is 17.6 Å². The molecule has 146 valence electrons. The van der Waals surface area contributed by atoms with Crippen LogP contribution in [0.4, 0.5) is 22.0 Å². The molecule has 26 heavy (non-hydrogen) atoms. The third-order valence-corrected chi connectivity index (χ3v) is 7.11. The summed E-state index contributed by atoms with van der Waals surface area (Å²) in [5, 5.41) is 0. The molecule has 1 aromatic carbocycles. The summed E-state index contributed by atoms with van der Waals surface area (Å²) >= 11 is 0. The lowest BCUT2D eigenvalue weighted by Gasteiger charge is -2.36. The normalized spacial score (nSPS) is 24.3. The molecule has 0 aromatic heterocycles. The molecule has 1 aromatic rings. The van der Waals surface area contributed by atoms with Crippen molar-refractivity contribution in [3.05, 3.63) is 35.4 Å². The molecule has 0 radical (unpaired) electrons. The minimum absolute atomic E-state index is 0.0451. The van der Waals surface area contributed by atoms with E-state index in [0.29, 0.717) is 12.8 Å². The predicted octanol–water partition coefficient (Wildman–Crippen LogP) is 3.62. The molecule has 2 aliphatic heterocycles. The first-order valence-corrected chi connectivity index (χ1v) is 9.79. The summed E-state index contributed by atoms with van der Waals surface area (Å²) in [4.78, 5) is 0. The van der Waals surface area contributed by atoms with E-state index in [0.717, 1.165) is 26.8 Å². The molecule has 1 unspecified atom stereocenters. The van der Waals surface area contributed by atoms with Gasteiger partial charge in [0.15, 0.2) is 0 Å². The van der Waals surface area contributed by atoms with E-state index in [9.17, 15) is 30.4 Å². The molecule has 2 heterocycles. The van der Waals surface area contributed by atoms with Gasteiger partial charge in [-0.05, 0) is 43.9 Å². The van der Waals surface area contributed by atoms with Crippen LogP contribution in [0.15, 0.2) is 18.2 Å². The van der Waals surface area contributed by atoms with Gasteiger partial charge in [-0.3, -0.25) is 0 Å². The Morgan fingerprint density at radius 3 is 2.27 bits per heavy atom. The smallest absolute Gasteiger partial charge is 0.207 e. The standard InChI is InChI=1S/C16H19F5N2O2S/c17-12-3-4-14(18)13(10-12)15-2-1-7-23(15)26(24,25)22-8-5-11(6-9-22)16(19,20)21/h3-4,10-11,15H,1-2,5-9H2. The number of halogens is 5. The highest BCUT2D eigenvalue weighted by atomic mass is 32.2. The Morgan fingerprint density at radius 2 is 1.65 bits per heavy atom. The fourth-order valence-electron chi connectivity index (χ4n) is 3.66. The van der Waals surface area contributed by atoms with E-state index in [4.69, 9.17) is 0 Å². The van der Waals surface area contributed by atoms with E-state index in [2.05, 4.69) is 0 Å². The lowest BCUT2D eigenvalue weighted by molar-refractivity contribution is -0.182. The molecule has 1 atom stereocenters. The van der Waals surface area contributed by atoms with Crippen LogP contribution in [0.25, 0.3) is 0 Å². The van der Waals surface area contributed by atoms with Gasteiger partial charge >= 0.3 is 6.18 Å². The van der Waals surface area contributed by atoms with Crippen molar-refractivity contribution < 1.29 is 30.4 Å². The summed E-state index contributed by atoms with van der Waals surface area (Å²) in [6, 6.07) is 2.02. The number of rotatable bonds is 3. The minimum atomic E-state index is -4.34. The third kappa shape index (κ3) is 3.72. The summed E-state index contributed by atoms with van der Waals surface area (Å²) in [6.07, 6.45) is -4.13. The highest BCUT2D eigenvalue weighted by molar-refractivity contribution is 7.86. The van der Waals surface area contributed by atoms with Crippen LogP contribution in [0.5, 0.6) is 0 Å². The zero-order valence-electron chi connectivity index (χ0n) is 13.8. The number of benzene rings is 1. The Kier molecular flexibility index (Phi) is 5.28. The van der Waals surface area contributed by atoms with Gasteiger partial charge in [0.05, 0.1) is 12.0 Å². The molecular formula is C16H19F5N2O2S. The zero-order chi connectivity index (χ0) is 19.1. The van der Waals surface area contributed by atoms with Gasteiger partial charge in [-0.1, -0.05) is 0 Å². The molecule has 2 fully saturated rings. The molecule has 0 saturated carbocycles. The van der Waals surface area contributed by atoms with E-state index in [1.54, 1.807) is 0 Å². The number of nitrogens with zero attached hydrogens (tertiary/aromatic N) is 2. The summed E-state index contributed by atoms with van der Waals surface area (Å²) in [6.45, 7) is -0.342. The maximum absolute atomic E-state index is 14.1. The number of piperidine rings is 1. The minimum Gasteiger partial charge on any atom is -0.207 e. The van der Waals surface area contributed by atoms with Gasteiger partial charge in [-0.2, -0.15) is 30.2 Å². The summed E-state index contributed by atoms with van der Waals surface area (Å²) < 4.78 is 93.7. The van der Waals surface area contributed by atoms with Crippen molar-refractivity contribution in [2.24, 2.45) is 5.92 Å². The lowest BCUT2D eigenvalue weighted by Crippen LogP contribution is -2.48. The maximum Gasteiger partial charge on any atom is 0.391 e. The van der Waals surface area contributed by atoms with Crippen LogP contribution in [0.2, 0.25) is 0 Å². The topological polar surface area (TPSA) is 40.6 Å². The number of alkyl halides is 3. The molecule has 0 amide bonds. The van der Waals surface area contributed by atoms with Crippen molar-refractivity contribution in [2.75, 3.05) is 19.6 Å². The molecule has 4 nitrogen and oxygen atoms in total. The van der Waals surface area contributed by atoms with Gasteiger partial charge in [0.2, 0.25) is 0 Å².